The molecule has 0 aliphatic carbocycles. The lowest BCUT2D eigenvalue weighted by Crippen LogP contribution is -2.32. The third-order valence-corrected chi connectivity index (χ3v) is 2.28. The van der Waals surface area contributed by atoms with Crippen LogP contribution < -0.4 is 0 Å². The molecular weight excluding hydrogens is 176 g/mol. The van der Waals surface area contributed by atoms with Crippen LogP contribution in [-0.4, -0.2) is 11.7 Å². The van der Waals surface area contributed by atoms with Crippen molar-refractivity contribution >= 4 is 0 Å². The molecule has 0 heterocycles. The summed E-state index contributed by atoms with van der Waals surface area (Å²) in [6.07, 6.45) is 0.689. The molecule has 2 nitrogen and oxygen atoms in total. The van der Waals surface area contributed by atoms with E-state index in [2.05, 4.69) is 25.7 Å². The van der Waals surface area contributed by atoms with E-state index in [9.17, 15) is 0 Å². The van der Waals surface area contributed by atoms with Gasteiger partial charge in [-0.05, 0) is 26.7 Å². The molecule has 0 amide bonds. The summed E-state index contributed by atoms with van der Waals surface area (Å²) in [7, 11) is 0. The Hall–Kier alpha value is -0.520. The Morgan fingerprint density at radius 3 is 2.21 bits per heavy atom. The van der Waals surface area contributed by atoms with Crippen molar-refractivity contribution < 1.29 is 9.78 Å². The van der Waals surface area contributed by atoms with E-state index >= 15 is 0 Å². The predicted octanol–water partition coefficient (Wildman–Crippen LogP) is 3.17. The van der Waals surface area contributed by atoms with Gasteiger partial charge >= 0.3 is 0 Å². The van der Waals surface area contributed by atoms with Gasteiger partial charge in [0.25, 0.3) is 0 Å². The smallest absolute Gasteiger partial charge is 0.150 e. The van der Waals surface area contributed by atoms with E-state index in [1.54, 1.807) is 0 Å². The van der Waals surface area contributed by atoms with Gasteiger partial charge in [-0.2, -0.15) is 0 Å². The first-order valence-electron chi connectivity index (χ1n) is 5.23. The maximum atomic E-state index is 5.35. The Balaban J connectivity index is 3.93. The Bertz CT molecular complexity index is 208. The first-order chi connectivity index (χ1) is 6.40. The van der Waals surface area contributed by atoms with E-state index in [0.717, 1.165) is 6.42 Å². The summed E-state index contributed by atoms with van der Waals surface area (Å²) in [6, 6.07) is 0. The molecule has 0 radical (unpaired) electrons. The second-order valence-electron chi connectivity index (χ2n) is 4.25. The molecule has 0 N–H and O–H groups in total. The number of hydrogen-bond donors (Lipinski definition) is 0. The molecule has 1 unspecified atom stereocenters. The molecule has 0 fully saturated rings. The summed E-state index contributed by atoms with van der Waals surface area (Å²) in [5.41, 5.74) is -0.262. The summed E-state index contributed by atoms with van der Waals surface area (Å²) in [5.74, 6) is 6.32. The van der Waals surface area contributed by atoms with Gasteiger partial charge in [0.05, 0.1) is 0 Å². The van der Waals surface area contributed by atoms with E-state index in [4.69, 9.17) is 9.78 Å². The Morgan fingerprint density at radius 2 is 1.79 bits per heavy atom. The maximum absolute atomic E-state index is 5.35. The fourth-order valence-electron chi connectivity index (χ4n) is 0.562. The first kappa shape index (κ1) is 13.5. The third kappa shape index (κ3) is 5.26. The summed E-state index contributed by atoms with van der Waals surface area (Å²) in [5, 5.41) is 0. The summed E-state index contributed by atoms with van der Waals surface area (Å²) in [4.78, 5) is 10.5. The standard InChI is InChI=1S/C12H22O2/c1-7-8-9-11(4)13-14-12(5,6)10(2)3/h10-11H,7H2,1-6H3. The van der Waals surface area contributed by atoms with Crippen molar-refractivity contribution in [1.29, 1.82) is 0 Å². The van der Waals surface area contributed by atoms with Crippen LogP contribution in [-0.2, 0) is 9.78 Å². The van der Waals surface area contributed by atoms with Crippen molar-refractivity contribution in [2.75, 3.05) is 0 Å². The lowest BCUT2D eigenvalue weighted by Gasteiger charge is -2.28. The van der Waals surface area contributed by atoms with Gasteiger partial charge in [0.2, 0.25) is 0 Å². The van der Waals surface area contributed by atoms with Crippen LogP contribution in [0.15, 0.2) is 0 Å². The van der Waals surface area contributed by atoms with Gasteiger partial charge < -0.3 is 0 Å². The zero-order valence-corrected chi connectivity index (χ0v) is 10.2. The second kappa shape index (κ2) is 6.06. The van der Waals surface area contributed by atoms with Crippen LogP contribution in [0.1, 0.15) is 48.0 Å². The van der Waals surface area contributed by atoms with Crippen molar-refractivity contribution in [2.45, 2.75) is 59.7 Å². The van der Waals surface area contributed by atoms with Crippen molar-refractivity contribution in [3.63, 3.8) is 0 Å². The molecule has 0 bridgehead atoms. The van der Waals surface area contributed by atoms with E-state index in [-0.39, 0.29) is 11.7 Å². The minimum atomic E-state index is -0.262. The van der Waals surface area contributed by atoms with Crippen molar-refractivity contribution in [3.05, 3.63) is 0 Å². The van der Waals surface area contributed by atoms with Gasteiger partial charge in [-0.15, -0.1) is 5.92 Å². The molecule has 0 aliphatic heterocycles. The summed E-state index contributed by atoms with van der Waals surface area (Å²) < 4.78 is 0. The van der Waals surface area contributed by atoms with Crippen LogP contribution in [0, 0.1) is 17.8 Å². The quantitative estimate of drug-likeness (QED) is 0.392. The molecule has 14 heavy (non-hydrogen) atoms. The largest absolute Gasteiger partial charge is 0.229 e. The number of rotatable bonds is 4. The van der Waals surface area contributed by atoms with Gasteiger partial charge in [-0.3, -0.25) is 0 Å². The highest BCUT2D eigenvalue weighted by Gasteiger charge is 2.25. The topological polar surface area (TPSA) is 18.5 Å². The maximum Gasteiger partial charge on any atom is 0.150 e. The molecule has 1 atom stereocenters. The van der Waals surface area contributed by atoms with Gasteiger partial charge in [0.15, 0.2) is 6.10 Å². The second-order valence-corrected chi connectivity index (χ2v) is 4.25. The van der Waals surface area contributed by atoms with Gasteiger partial charge in [-0.1, -0.05) is 26.7 Å². The summed E-state index contributed by atoms with van der Waals surface area (Å²) >= 11 is 0. The highest BCUT2D eigenvalue weighted by atomic mass is 17.2. The van der Waals surface area contributed by atoms with E-state index < -0.39 is 0 Å². The van der Waals surface area contributed by atoms with Crippen LogP contribution in [0.5, 0.6) is 0 Å². The monoisotopic (exact) mass is 198 g/mol. The molecule has 0 aromatic carbocycles. The van der Waals surface area contributed by atoms with E-state index in [1.807, 2.05) is 27.7 Å². The summed E-state index contributed by atoms with van der Waals surface area (Å²) in [6.45, 7) is 12.1. The fourth-order valence-corrected chi connectivity index (χ4v) is 0.562. The Labute approximate surface area is 87.9 Å². The zero-order valence-electron chi connectivity index (χ0n) is 10.2. The van der Waals surface area contributed by atoms with Crippen molar-refractivity contribution in [3.8, 4) is 11.8 Å². The molecule has 2 heteroatoms. The lowest BCUT2D eigenvalue weighted by atomic mass is 9.95. The van der Waals surface area contributed by atoms with E-state index in [0.29, 0.717) is 5.92 Å². The molecule has 0 aromatic rings. The average Bonchev–Trinajstić information content (AvgIpc) is 2.11. The van der Waals surface area contributed by atoms with Crippen LogP contribution >= 0.6 is 0 Å². The molecule has 0 saturated heterocycles. The predicted molar refractivity (Wildman–Crippen MR) is 58.6 cm³/mol. The molecule has 0 rings (SSSR count). The molecular formula is C12H22O2. The highest BCUT2D eigenvalue weighted by molar-refractivity contribution is 5.02. The third-order valence-electron chi connectivity index (χ3n) is 2.28. The normalized spacial score (nSPS) is 13.6. The van der Waals surface area contributed by atoms with Gasteiger partial charge in [-0.25, -0.2) is 9.78 Å². The molecule has 0 aromatic heterocycles. The fraction of sp³-hybridized carbons (Fsp3) is 0.833. The molecule has 0 spiro atoms. The van der Waals surface area contributed by atoms with Crippen LogP contribution in [0.3, 0.4) is 0 Å². The SMILES string of the molecule is CCC#CC(C)OOC(C)(C)C(C)C. The van der Waals surface area contributed by atoms with E-state index in [1.165, 1.54) is 0 Å². The van der Waals surface area contributed by atoms with Crippen molar-refractivity contribution in [2.24, 2.45) is 5.92 Å². The molecule has 0 saturated carbocycles. The average molecular weight is 198 g/mol. The Kier molecular flexibility index (Phi) is 5.83. The Morgan fingerprint density at radius 1 is 1.21 bits per heavy atom. The van der Waals surface area contributed by atoms with Gasteiger partial charge in [0, 0.05) is 6.42 Å². The lowest BCUT2D eigenvalue weighted by molar-refractivity contribution is -0.373. The van der Waals surface area contributed by atoms with Crippen molar-refractivity contribution in [1.82, 2.24) is 0 Å². The molecule has 82 valence electrons. The van der Waals surface area contributed by atoms with Crippen LogP contribution in [0.4, 0.5) is 0 Å². The minimum Gasteiger partial charge on any atom is -0.229 e. The van der Waals surface area contributed by atoms with Gasteiger partial charge in [0.1, 0.15) is 5.60 Å². The molecule has 0 aliphatic rings. The minimum absolute atomic E-state index is 0.159. The number of hydrogen-bond acceptors (Lipinski definition) is 2. The first-order valence-corrected chi connectivity index (χ1v) is 5.23. The van der Waals surface area contributed by atoms with Crippen LogP contribution in [0.2, 0.25) is 0 Å². The highest BCUT2D eigenvalue weighted by Crippen LogP contribution is 2.20. The zero-order chi connectivity index (χ0) is 11.2. The van der Waals surface area contributed by atoms with Crippen LogP contribution in [0.25, 0.3) is 0 Å².